The minimum atomic E-state index is 0.134. The molecule has 1 unspecified atom stereocenters. The van der Waals surface area contributed by atoms with Crippen molar-refractivity contribution in [2.45, 2.75) is 46.1 Å². The molecule has 4 heteroatoms. The molecule has 1 saturated heterocycles. The lowest BCUT2D eigenvalue weighted by molar-refractivity contribution is 0.0692. The maximum absolute atomic E-state index is 12.8. The molecule has 0 radical (unpaired) electrons. The lowest BCUT2D eigenvalue weighted by Gasteiger charge is -2.28. The third-order valence-corrected chi connectivity index (χ3v) is 4.27. The molecule has 0 saturated carbocycles. The number of hydrogen-bond donors (Lipinski definition) is 1. The zero-order valence-corrected chi connectivity index (χ0v) is 14.7. The first-order valence-corrected chi connectivity index (χ1v) is 8.86. The standard InChI is InChI=1S/C19H30N2O2/c1-4-12-21(17-9-11-20-14-17)19(22)16-5-7-18(8-6-16)23-13-10-15(2)3/h5-8,15,17,20H,4,9-14H2,1-3H3. The van der Waals surface area contributed by atoms with Crippen molar-refractivity contribution < 1.29 is 9.53 Å². The van der Waals surface area contributed by atoms with E-state index >= 15 is 0 Å². The van der Waals surface area contributed by atoms with E-state index in [1.807, 2.05) is 29.2 Å². The lowest BCUT2D eigenvalue weighted by atomic mass is 10.1. The molecular weight excluding hydrogens is 288 g/mol. The van der Waals surface area contributed by atoms with Crippen molar-refractivity contribution in [3.63, 3.8) is 0 Å². The van der Waals surface area contributed by atoms with Gasteiger partial charge in [0.2, 0.25) is 0 Å². The predicted octanol–water partition coefficient (Wildman–Crippen LogP) is 3.33. The summed E-state index contributed by atoms with van der Waals surface area (Å²) in [6, 6.07) is 7.91. The normalized spacial score (nSPS) is 17.5. The van der Waals surface area contributed by atoms with Gasteiger partial charge in [-0.1, -0.05) is 20.8 Å². The van der Waals surface area contributed by atoms with Gasteiger partial charge in [0, 0.05) is 24.7 Å². The van der Waals surface area contributed by atoms with Crippen LogP contribution < -0.4 is 10.1 Å². The highest BCUT2D eigenvalue weighted by molar-refractivity contribution is 5.94. The largest absolute Gasteiger partial charge is 0.494 e. The van der Waals surface area contributed by atoms with E-state index in [4.69, 9.17) is 4.74 Å². The summed E-state index contributed by atoms with van der Waals surface area (Å²) in [4.78, 5) is 14.8. The minimum absolute atomic E-state index is 0.134. The van der Waals surface area contributed by atoms with Gasteiger partial charge in [-0.15, -0.1) is 0 Å². The van der Waals surface area contributed by atoms with Crippen LogP contribution in [0.1, 0.15) is 50.4 Å². The molecule has 23 heavy (non-hydrogen) atoms. The second-order valence-electron chi connectivity index (χ2n) is 6.70. The van der Waals surface area contributed by atoms with Crippen LogP contribution in [-0.2, 0) is 0 Å². The van der Waals surface area contributed by atoms with Crippen molar-refractivity contribution in [1.82, 2.24) is 10.2 Å². The molecule has 1 heterocycles. The third-order valence-electron chi connectivity index (χ3n) is 4.27. The molecule has 0 spiro atoms. The molecule has 2 rings (SSSR count). The van der Waals surface area contributed by atoms with Gasteiger partial charge in [0.25, 0.3) is 5.91 Å². The Kier molecular flexibility index (Phi) is 6.90. The number of rotatable bonds is 8. The van der Waals surface area contributed by atoms with Crippen LogP contribution in [0.5, 0.6) is 5.75 Å². The molecule has 0 bridgehead atoms. The van der Waals surface area contributed by atoms with Gasteiger partial charge in [0.05, 0.1) is 6.61 Å². The van der Waals surface area contributed by atoms with Gasteiger partial charge in [0.15, 0.2) is 0 Å². The lowest BCUT2D eigenvalue weighted by Crippen LogP contribution is -2.42. The van der Waals surface area contributed by atoms with E-state index in [2.05, 4.69) is 26.1 Å². The highest BCUT2D eigenvalue weighted by Crippen LogP contribution is 2.18. The van der Waals surface area contributed by atoms with Crippen LogP contribution in [0.3, 0.4) is 0 Å². The molecule has 1 amide bonds. The Balaban J connectivity index is 1.97. The zero-order chi connectivity index (χ0) is 16.7. The van der Waals surface area contributed by atoms with Gasteiger partial charge < -0.3 is 15.0 Å². The van der Waals surface area contributed by atoms with E-state index in [1.165, 1.54) is 0 Å². The number of ether oxygens (including phenoxy) is 1. The van der Waals surface area contributed by atoms with Gasteiger partial charge in [-0.3, -0.25) is 4.79 Å². The molecule has 128 valence electrons. The van der Waals surface area contributed by atoms with Crippen molar-refractivity contribution >= 4 is 5.91 Å². The summed E-state index contributed by atoms with van der Waals surface area (Å²) in [5.41, 5.74) is 0.751. The summed E-state index contributed by atoms with van der Waals surface area (Å²) in [6.45, 7) is 9.94. The summed E-state index contributed by atoms with van der Waals surface area (Å²) in [7, 11) is 0. The Hall–Kier alpha value is -1.55. The first-order chi connectivity index (χ1) is 11.1. The third kappa shape index (κ3) is 5.24. The number of benzene rings is 1. The fraction of sp³-hybridized carbons (Fsp3) is 0.632. The monoisotopic (exact) mass is 318 g/mol. The Morgan fingerprint density at radius 1 is 1.35 bits per heavy atom. The molecule has 0 aromatic heterocycles. The first kappa shape index (κ1) is 17.8. The first-order valence-electron chi connectivity index (χ1n) is 8.86. The molecule has 1 aliphatic rings. The maximum Gasteiger partial charge on any atom is 0.254 e. The highest BCUT2D eigenvalue weighted by Gasteiger charge is 2.26. The molecular formula is C19H30N2O2. The number of hydrogen-bond acceptors (Lipinski definition) is 3. The van der Waals surface area contributed by atoms with Crippen molar-refractivity contribution in [3.8, 4) is 5.75 Å². The Bertz CT molecular complexity index is 479. The molecule has 1 N–H and O–H groups in total. The van der Waals surface area contributed by atoms with Crippen molar-refractivity contribution in [2.75, 3.05) is 26.2 Å². The molecule has 1 aromatic rings. The predicted molar refractivity (Wildman–Crippen MR) is 94.0 cm³/mol. The molecule has 0 aliphatic carbocycles. The quantitative estimate of drug-likeness (QED) is 0.799. The molecule has 1 aromatic carbocycles. The molecule has 4 nitrogen and oxygen atoms in total. The SMILES string of the molecule is CCCN(C(=O)c1ccc(OCCC(C)C)cc1)C1CCNC1. The van der Waals surface area contributed by atoms with E-state index in [0.717, 1.165) is 56.8 Å². The number of carbonyl (C=O) groups is 1. The van der Waals surface area contributed by atoms with E-state index in [0.29, 0.717) is 12.0 Å². The van der Waals surface area contributed by atoms with E-state index in [-0.39, 0.29) is 5.91 Å². The van der Waals surface area contributed by atoms with E-state index < -0.39 is 0 Å². The van der Waals surface area contributed by atoms with Crippen molar-refractivity contribution in [1.29, 1.82) is 0 Å². The van der Waals surface area contributed by atoms with Crippen LogP contribution in [0, 0.1) is 5.92 Å². The second-order valence-corrected chi connectivity index (χ2v) is 6.70. The average Bonchev–Trinajstić information content (AvgIpc) is 3.06. The van der Waals surface area contributed by atoms with Crippen LogP contribution in [0.25, 0.3) is 0 Å². The summed E-state index contributed by atoms with van der Waals surface area (Å²) < 4.78 is 5.72. The van der Waals surface area contributed by atoms with Crippen LogP contribution in [0.4, 0.5) is 0 Å². The minimum Gasteiger partial charge on any atom is -0.494 e. The number of amides is 1. The van der Waals surface area contributed by atoms with Crippen LogP contribution in [-0.4, -0.2) is 43.1 Å². The Morgan fingerprint density at radius 2 is 2.09 bits per heavy atom. The van der Waals surface area contributed by atoms with Gasteiger partial charge >= 0.3 is 0 Å². The number of carbonyl (C=O) groups excluding carboxylic acids is 1. The fourth-order valence-electron chi connectivity index (χ4n) is 2.87. The van der Waals surface area contributed by atoms with Crippen LogP contribution >= 0.6 is 0 Å². The fourth-order valence-corrected chi connectivity index (χ4v) is 2.87. The zero-order valence-electron chi connectivity index (χ0n) is 14.7. The molecule has 1 atom stereocenters. The summed E-state index contributed by atoms with van der Waals surface area (Å²) in [6.07, 6.45) is 3.07. The Morgan fingerprint density at radius 3 is 2.65 bits per heavy atom. The highest BCUT2D eigenvalue weighted by atomic mass is 16.5. The number of nitrogens with zero attached hydrogens (tertiary/aromatic N) is 1. The molecule has 1 fully saturated rings. The van der Waals surface area contributed by atoms with E-state index in [9.17, 15) is 4.79 Å². The topological polar surface area (TPSA) is 41.6 Å². The van der Waals surface area contributed by atoms with Crippen molar-refractivity contribution in [2.24, 2.45) is 5.92 Å². The van der Waals surface area contributed by atoms with Crippen LogP contribution in [0.15, 0.2) is 24.3 Å². The summed E-state index contributed by atoms with van der Waals surface area (Å²) in [5.74, 6) is 1.61. The van der Waals surface area contributed by atoms with E-state index in [1.54, 1.807) is 0 Å². The summed E-state index contributed by atoms with van der Waals surface area (Å²) >= 11 is 0. The second kappa shape index (κ2) is 8.92. The van der Waals surface area contributed by atoms with Gasteiger partial charge in [-0.2, -0.15) is 0 Å². The van der Waals surface area contributed by atoms with Gasteiger partial charge in [0.1, 0.15) is 5.75 Å². The van der Waals surface area contributed by atoms with Crippen LogP contribution in [0.2, 0.25) is 0 Å². The summed E-state index contributed by atoms with van der Waals surface area (Å²) in [5, 5.41) is 3.34. The van der Waals surface area contributed by atoms with Crippen molar-refractivity contribution in [3.05, 3.63) is 29.8 Å². The maximum atomic E-state index is 12.8. The number of nitrogens with one attached hydrogen (secondary N) is 1. The average molecular weight is 318 g/mol. The smallest absolute Gasteiger partial charge is 0.254 e. The Labute approximate surface area is 140 Å². The van der Waals surface area contributed by atoms with Gasteiger partial charge in [-0.25, -0.2) is 0 Å². The molecule has 1 aliphatic heterocycles. The van der Waals surface area contributed by atoms with Gasteiger partial charge in [-0.05, 0) is 56.0 Å².